The Morgan fingerprint density at radius 1 is 1.19 bits per heavy atom. The Bertz CT molecular complexity index is 397. The average molecular weight is 217 g/mol. The Hall–Kier alpha value is -1.27. The first-order valence-electron chi connectivity index (χ1n) is 5.84. The SMILES string of the molecule is Cc1ccc(C)n1C1(C#N)CCN(C)CC1. The van der Waals surface area contributed by atoms with E-state index in [2.05, 4.69) is 48.6 Å². The van der Waals surface area contributed by atoms with Crippen molar-refractivity contribution in [3.05, 3.63) is 23.5 Å². The number of aromatic nitrogens is 1. The van der Waals surface area contributed by atoms with Crippen molar-refractivity contribution in [2.24, 2.45) is 0 Å². The molecule has 0 N–H and O–H groups in total. The third-order valence-electron chi connectivity index (χ3n) is 3.72. The zero-order chi connectivity index (χ0) is 11.8. The summed E-state index contributed by atoms with van der Waals surface area (Å²) in [6.07, 6.45) is 1.85. The molecule has 86 valence electrons. The minimum atomic E-state index is -0.315. The van der Waals surface area contributed by atoms with Crippen LogP contribution in [0.1, 0.15) is 24.2 Å². The number of hydrogen-bond donors (Lipinski definition) is 0. The predicted molar refractivity (Wildman–Crippen MR) is 64.2 cm³/mol. The van der Waals surface area contributed by atoms with Crippen molar-refractivity contribution in [3.8, 4) is 6.07 Å². The van der Waals surface area contributed by atoms with E-state index in [0.29, 0.717) is 0 Å². The minimum Gasteiger partial charge on any atom is -0.330 e. The quantitative estimate of drug-likeness (QED) is 0.721. The first kappa shape index (κ1) is 11.2. The summed E-state index contributed by atoms with van der Waals surface area (Å²) in [6, 6.07) is 6.77. The summed E-state index contributed by atoms with van der Waals surface area (Å²) in [5.74, 6) is 0. The molecule has 1 aliphatic rings. The van der Waals surface area contributed by atoms with Gasteiger partial charge in [-0.25, -0.2) is 0 Å². The zero-order valence-corrected chi connectivity index (χ0v) is 10.3. The Balaban J connectivity index is 2.40. The monoisotopic (exact) mass is 217 g/mol. The van der Waals surface area contributed by atoms with Crippen molar-refractivity contribution in [1.29, 1.82) is 5.26 Å². The van der Waals surface area contributed by atoms with Gasteiger partial charge in [-0.3, -0.25) is 0 Å². The predicted octanol–water partition coefficient (Wildman–Crippen LogP) is 2.05. The van der Waals surface area contributed by atoms with E-state index in [-0.39, 0.29) is 5.54 Å². The zero-order valence-electron chi connectivity index (χ0n) is 10.3. The van der Waals surface area contributed by atoms with E-state index in [4.69, 9.17) is 0 Å². The van der Waals surface area contributed by atoms with Crippen LogP contribution in [0.5, 0.6) is 0 Å². The number of hydrogen-bond acceptors (Lipinski definition) is 2. The summed E-state index contributed by atoms with van der Waals surface area (Å²) in [5.41, 5.74) is 2.08. The smallest absolute Gasteiger partial charge is 0.134 e. The van der Waals surface area contributed by atoms with Crippen LogP contribution in [-0.4, -0.2) is 29.6 Å². The summed E-state index contributed by atoms with van der Waals surface area (Å²) in [4.78, 5) is 2.30. The minimum absolute atomic E-state index is 0.315. The second kappa shape index (κ2) is 3.95. The largest absolute Gasteiger partial charge is 0.330 e. The molecule has 2 heterocycles. The highest BCUT2D eigenvalue weighted by molar-refractivity contribution is 5.22. The molecule has 1 fully saturated rings. The van der Waals surface area contributed by atoms with E-state index in [1.807, 2.05) is 0 Å². The lowest BCUT2D eigenvalue weighted by molar-refractivity contribution is 0.171. The number of likely N-dealkylation sites (tertiary alicyclic amines) is 1. The maximum atomic E-state index is 9.56. The maximum Gasteiger partial charge on any atom is 0.134 e. The molecule has 0 aromatic carbocycles. The number of piperidine rings is 1. The lowest BCUT2D eigenvalue weighted by Gasteiger charge is -2.38. The molecule has 0 spiro atoms. The van der Waals surface area contributed by atoms with Gasteiger partial charge in [0.15, 0.2) is 0 Å². The molecular formula is C13H19N3. The van der Waals surface area contributed by atoms with Crippen LogP contribution in [0.15, 0.2) is 12.1 Å². The van der Waals surface area contributed by atoms with E-state index < -0.39 is 0 Å². The van der Waals surface area contributed by atoms with Crippen LogP contribution in [0.25, 0.3) is 0 Å². The number of aryl methyl sites for hydroxylation is 2. The number of rotatable bonds is 1. The van der Waals surface area contributed by atoms with Gasteiger partial charge in [-0.15, -0.1) is 0 Å². The van der Waals surface area contributed by atoms with Crippen molar-refractivity contribution in [2.75, 3.05) is 20.1 Å². The Kier molecular flexibility index (Phi) is 2.77. The lowest BCUT2D eigenvalue weighted by atomic mass is 9.88. The second-order valence-corrected chi connectivity index (χ2v) is 4.90. The van der Waals surface area contributed by atoms with E-state index >= 15 is 0 Å². The third kappa shape index (κ3) is 1.64. The molecule has 0 unspecified atom stereocenters. The van der Waals surface area contributed by atoms with Crippen LogP contribution >= 0.6 is 0 Å². The van der Waals surface area contributed by atoms with Crippen LogP contribution in [0.4, 0.5) is 0 Å². The molecule has 1 aromatic rings. The summed E-state index contributed by atoms with van der Waals surface area (Å²) in [6.45, 7) is 6.18. The van der Waals surface area contributed by atoms with Crippen molar-refractivity contribution >= 4 is 0 Å². The summed E-state index contributed by atoms with van der Waals surface area (Å²) in [5, 5.41) is 9.56. The molecule has 0 saturated carbocycles. The van der Waals surface area contributed by atoms with Crippen LogP contribution in [0.3, 0.4) is 0 Å². The molecule has 0 amide bonds. The van der Waals surface area contributed by atoms with Crippen molar-refractivity contribution in [1.82, 2.24) is 9.47 Å². The first-order valence-corrected chi connectivity index (χ1v) is 5.84. The van der Waals surface area contributed by atoms with Crippen molar-refractivity contribution < 1.29 is 0 Å². The van der Waals surface area contributed by atoms with Gasteiger partial charge in [0.1, 0.15) is 5.54 Å². The van der Waals surface area contributed by atoms with Gasteiger partial charge in [-0.1, -0.05) is 0 Å². The maximum absolute atomic E-state index is 9.56. The topological polar surface area (TPSA) is 32.0 Å². The second-order valence-electron chi connectivity index (χ2n) is 4.90. The fourth-order valence-corrected chi connectivity index (χ4v) is 2.72. The molecule has 2 rings (SSSR count). The molecule has 1 aromatic heterocycles. The highest BCUT2D eigenvalue weighted by atomic mass is 15.2. The standard InChI is InChI=1S/C13H19N3/c1-11-4-5-12(2)16(11)13(10-14)6-8-15(3)9-7-13/h4-5H,6-9H2,1-3H3. The van der Waals surface area contributed by atoms with Crippen molar-refractivity contribution in [2.45, 2.75) is 32.2 Å². The van der Waals surface area contributed by atoms with E-state index in [9.17, 15) is 5.26 Å². The van der Waals surface area contributed by atoms with Gasteiger partial charge in [0.2, 0.25) is 0 Å². The number of nitriles is 1. The van der Waals surface area contributed by atoms with Gasteiger partial charge >= 0.3 is 0 Å². The van der Waals surface area contributed by atoms with Crippen LogP contribution < -0.4 is 0 Å². The Labute approximate surface area is 97.3 Å². The van der Waals surface area contributed by atoms with Crippen LogP contribution in [0.2, 0.25) is 0 Å². The molecule has 0 aliphatic carbocycles. The fraction of sp³-hybridized carbons (Fsp3) is 0.615. The molecule has 1 aliphatic heterocycles. The summed E-state index contributed by atoms with van der Waals surface area (Å²) in [7, 11) is 2.12. The van der Waals surface area contributed by atoms with E-state index in [0.717, 1.165) is 25.9 Å². The summed E-state index contributed by atoms with van der Waals surface area (Å²) >= 11 is 0. The molecule has 16 heavy (non-hydrogen) atoms. The molecule has 3 heteroatoms. The molecule has 1 saturated heterocycles. The molecule has 3 nitrogen and oxygen atoms in total. The van der Waals surface area contributed by atoms with Crippen LogP contribution in [0, 0.1) is 25.2 Å². The average Bonchev–Trinajstić information content (AvgIpc) is 2.62. The first-order chi connectivity index (χ1) is 7.59. The van der Waals surface area contributed by atoms with E-state index in [1.54, 1.807) is 0 Å². The molecule has 0 radical (unpaired) electrons. The highest BCUT2D eigenvalue weighted by Gasteiger charge is 2.36. The Morgan fingerprint density at radius 3 is 2.12 bits per heavy atom. The highest BCUT2D eigenvalue weighted by Crippen LogP contribution is 2.32. The molecule has 0 bridgehead atoms. The van der Waals surface area contributed by atoms with Gasteiger partial charge in [0.05, 0.1) is 6.07 Å². The molecular weight excluding hydrogens is 198 g/mol. The third-order valence-corrected chi connectivity index (χ3v) is 3.72. The van der Waals surface area contributed by atoms with Gasteiger partial charge < -0.3 is 9.47 Å². The van der Waals surface area contributed by atoms with Gasteiger partial charge in [-0.05, 0) is 45.9 Å². The Morgan fingerprint density at radius 2 is 1.69 bits per heavy atom. The summed E-state index contributed by atoms with van der Waals surface area (Å²) < 4.78 is 2.22. The van der Waals surface area contributed by atoms with E-state index in [1.165, 1.54) is 11.4 Å². The normalized spacial score (nSPS) is 20.6. The van der Waals surface area contributed by atoms with Gasteiger partial charge in [-0.2, -0.15) is 5.26 Å². The molecule has 0 atom stereocenters. The lowest BCUT2D eigenvalue weighted by Crippen LogP contribution is -2.44. The van der Waals surface area contributed by atoms with Crippen molar-refractivity contribution in [3.63, 3.8) is 0 Å². The number of nitrogens with zero attached hydrogens (tertiary/aromatic N) is 3. The van der Waals surface area contributed by atoms with Crippen LogP contribution in [-0.2, 0) is 5.54 Å². The van der Waals surface area contributed by atoms with Gasteiger partial charge in [0, 0.05) is 24.5 Å². The fourth-order valence-electron chi connectivity index (χ4n) is 2.72. The van der Waals surface area contributed by atoms with Gasteiger partial charge in [0.25, 0.3) is 0 Å².